The van der Waals surface area contributed by atoms with Gasteiger partial charge in [-0.15, -0.1) is 0 Å². The molecule has 22 heavy (non-hydrogen) atoms. The minimum Gasteiger partial charge on any atom is -0.342 e. The van der Waals surface area contributed by atoms with E-state index >= 15 is 0 Å². The smallest absolute Gasteiger partial charge is 0.225 e. The first-order valence-electron chi connectivity index (χ1n) is 9.75. The lowest BCUT2D eigenvalue weighted by Gasteiger charge is -2.46. The Balaban J connectivity index is 1.50. The lowest BCUT2D eigenvalue weighted by Crippen LogP contribution is -2.49. The molecule has 3 heteroatoms. The van der Waals surface area contributed by atoms with Gasteiger partial charge in [-0.3, -0.25) is 4.79 Å². The van der Waals surface area contributed by atoms with Crippen LogP contribution < -0.4 is 5.73 Å². The molecule has 4 fully saturated rings. The van der Waals surface area contributed by atoms with E-state index in [0.29, 0.717) is 17.4 Å². The molecule has 1 heterocycles. The van der Waals surface area contributed by atoms with Gasteiger partial charge in [-0.25, -0.2) is 0 Å². The molecule has 0 aromatic heterocycles. The fourth-order valence-electron chi connectivity index (χ4n) is 6.41. The highest BCUT2D eigenvalue weighted by atomic mass is 16.2. The van der Waals surface area contributed by atoms with Gasteiger partial charge in [0.15, 0.2) is 0 Å². The lowest BCUT2D eigenvalue weighted by molar-refractivity contribution is -0.139. The summed E-state index contributed by atoms with van der Waals surface area (Å²) in [6.07, 6.45) is 13.9. The van der Waals surface area contributed by atoms with Crippen molar-refractivity contribution in [2.75, 3.05) is 13.1 Å². The van der Waals surface area contributed by atoms with Crippen LogP contribution in [0.15, 0.2) is 0 Å². The molecule has 3 nitrogen and oxygen atoms in total. The van der Waals surface area contributed by atoms with Crippen LogP contribution in [0.4, 0.5) is 0 Å². The molecule has 5 atom stereocenters. The second-order valence-corrected chi connectivity index (χ2v) is 8.56. The van der Waals surface area contributed by atoms with Crippen LogP contribution in [-0.4, -0.2) is 29.9 Å². The van der Waals surface area contributed by atoms with Gasteiger partial charge in [0.1, 0.15) is 0 Å². The highest BCUT2D eigenvalue weighted by Crippen LogP contribution is 2.60. The molecule has 3 aliphatic carbocycles. The Morgan fingerprint density at radius 2 is 1.82 bits per heavy atom. The van der Waals surface area contributed by atoms with Crippen molar-refractivity contribution in [2.45, 2.75) is 76.7 Å². The number of hydrogen-bond acceptors (Lipinski definition) is 2. The summed E-state index contributed by atoms with van der Waals surface area (Å²) in [6, 6.07) is 0.372. The molecule has 1 aliphatic heterocycles. The summed E-state index contributed by atoms with van der Waals surface area (Å²) in [5.74, 6) is 2.31. The van der Waals surface area contributed by atoms with E-state index < -0.39 is 0 Å². The van der Waals surface area contributed by atoms with Gasteiger partial charge >= 0.3 is 0 Å². The van der Waals surface area contributed by atoms with E-state index in [4.69, 9.17) is 5.73 Å². The molecular formula is C19H32N2O. The molecule has 2 bridgehead atoms. The SMILES string of the molecule is N[C@@H]1C2CCCC(C2)C12CCCC(C(=O)N1CCCCC1)C2. The summed E-state index contributed by atoms with van der Waals surface area (Å²) in [5.41, 5.74) is 7.06. The highest BCUT2D eigenvalue weighted by Gasteiger charge is 2.56. The van der Waals surface area contributed by atoms with Gasteiger partial charge in [0.2, 0.25) is 5.91 Å². The number of fused-ring (bicyclic) bond motifs is 3. The number of nitrogens with zero attached hydrogens (tertiary/aromatic N) is 1. The van der Waals surface area contributed by atoms with Gasteiger partial charge in [0, 0.05) is 25.0 Å². The van der Waals surface area contributed by atoms with Gasteiger partial charge in [-0.05, 0) is 75.0 Å². The summed E-state index contributed by atoms with van der Waals surface area (Å²) in [5, 5.41) is 0. The molecule has 1 saturated heterocycles. The Hall–Kier alpha value is -0.570. The molecule has 2 N–H and O–H groups in total. The van der Waals surface area contributed by atoms with Crippen LogP contribution in [-0.2, 0) is 4.79 Å². The third kappa shape index (κ3) is 2.31. The first kappa shape index (κ1) is 15.0. The number of likely N-dealkylation sites (tertiary alicyclic amines) is 1. The van der Waals surface area contributed by atoms with Crippen molar-refractivity contribution >= 4 is 5.91 Å². The molecule has 1 amide bonds. The van der Waals surface area contributed by atoms with Crippen molar-refractivity contribution in [3.05, 3.63) is 0 Å². The molecule has 3 saturated carbocycles. The molecule has 4 unspecified atom stereocenters. The number of amides is 1. The van der Waals surface area contributed by atoms with Crippen molar-refractivity contribution in [3.8, 4) is 0 Å². The highest BCUT2D eigenvalue weighted by molar-refractivity contribution is 5.79. The van der Waals surface area contributed by atoms with Crippen molar-refractivity contribution < 1.29 is 4.79 Å². The second-order valence-electron chi connectivity index (χ2n) is 8.56. The quantitative estimate of drug-likeness (QED) is 0.808. The number of rotatable bonds is 1. The van der Waals surface area contributed by atoms with Crippen molar-refractivity contribution in [3.63, 3.8) is 0 Å². The van der Waals surface area contributed by atoms with Crippen molar-refractivity contribution in [2.24, 2.45) is 28.9 Å². The number of carbonyl (C=O) groups excluding carboxylic acids is 1. The van der Waals surface area contributed by atoms with E-state index in [2.05, 4.69) is 4.90 Å². The summed E-state index contributed by atoms with van der Waals surface area (Å²) in [7, 11) is 0. The Kier molecular flexibility index (Phi) is 3.96. The van der Waals surface area contributed by atoms with Gasteiger partial charge < -0.3 is 10.6 Å². The largest absolute Gasteiger partial charge is 0.342 e. The van der Waals surface area contributed by atoms with E-state index in [0.717, 1.165) is 37.8 Å². The van der Waals surface area contributed by atoms with E-state index in [1.165, 1.54) is 57.8 Å². The maximum atomic E-state index is 13.0. The maximum absolute atomic E-state index is 13.0. The van der Waals surface area contributed by atoms with Crippen LogP contribution in [0, 0.1) is 23.2 Å². The molecule has 4 aliphatic rings. The van der Waals surface area contributed by atoms with Crippen LogP contribution in [0.1, 0.15) is 70.6 Å². The zero-order chi connectivity index (χ0) is 15.2. The van der Waals surface area contributed by atoms with Crippen LogP contribution >= 0.6 is 0 Å². The number of hydrogen-bond donors (Lipinski definition) is 1. The number of piperidine rings is 1. The van der Waals surface area contributed by atoms with E-state index in [-0.39, 0.29) is 5.92 Å². The first-order chi connectivity index (χ1) is 10.7. The summed E-state index contributed by atoms with van der Waals surface area (Å²) in [6.45, 7) is 2.00. The van der Waals surface area contributed by atoms with E-state index in [1.54, 1.807) is 0 Å². The zero-order valence-corrected chi connectivity index (χ0v) is 13.9. The van der Waals surface area contributed by atoms with Gasteiger partial charge in [-0.1, -0.05) is 12.8 Å². The topological polar surface area (TPSA) is 46.3 Å². The summed E-state index contributed by atoms with van der Waals surface area (Å²) < 4.78 is 0. The Bertz CT molecular complexity index is 427. The summed E-state index contributed by atoms with van der Waals surface area (Å²) >= 11 is 0. The van der Waals surface area contributed by atoms with Crippen molar-refractivity contribution in [1.82, 2.24) is 4.90 Å². The third-order valence-corrected chi connectivity index (χ3v) is 7.54. The number of carbonyl (C=O) groups is 1. The fraction of sp³-hybridized carbons (Fsp3) is 0.947. The molecule has 0 radical (unpaired) electrons. The minimum absolute atomic E-state index is 0.275. The Morgan fingerprint density at radius 3 is 2.59 bits per heavy atom. The van der Waals surface area contributed by atoms with Gasteiger partial charge in [-0.2, -0.15) is 0 Å². The maximum Gasteiger partial charge on any atom is 0.225 e. The molecule has 124 valence electrons. The Morgan fingerprint density at radius 1 is 1.00 bits per heavy atom. The molecule has 0 aromatic rings. The number of nitrogens with two attached hydrogens (primary N) is 1. The van der Waals surface area contributed by atoms with Crippen LogP contribution in [0.3, 0.4) is 0 Å². The fourth-order valence-corrected chi connectivity index (χ4v) is 6.41. The third-order valence-electron chi connectivity index (χ3n) is 7.54. The standard InChI is InChI=1S/C19H32N2O/c20-17-14-6-4-8-16(12-14)19(17)9-5-7-15(13-19)18(22)21-10-2-1-3-11-21/h14-17H,1-13,20H2/t14?,15?,16?,17-,19?/m1/s1. The minimum atomic E-state index is 0.275. The van der Waals surface area contributed by atoms with Gasteiger partial charge in [0.25, 0.3) is 0 Å². The predicted octanol–water partition coefficient (Wildman–Crippen LogP) is 3.32. The van der Waals surface area contributed by atoms with Crippen LogP contribution in [0.5, 0.6) is 0 Å². The van der Waals surface area contributed by atoms with Gasteiger partial charge in [0.05, 0.1) is 0 Å². The summed E-state index contributed by atoms with van der Waals surface area (Å²) in [4.78, 5) is 15.1. The van der Waals surface area contributed by atoms with E-state index in [9.17, 15) is 4.79 Å². The first-order valence-corrected chi connectivity index (χ1v) is 9.75. The molecule has 1 spiro atoms. The average Bonchev–Trinajstić information content (AvgIpc) is 2.76. The normalized spacial score (nSPS) is 45.2. The van der Waals surface area contributed by atoms with Crippen LogP contribution in [0.25, 0.3) is 0 Å². The predicted molar refractivity (Wildman–Crippen MR) is 88.2 cm³/mol. The molecular weight excluding hydrogens is 272 g/mol. The molecule has 4 rings (SSSR count). The average molecular weight is 304 g/mol. The second kappa shape index (κ2) is 5.81. The zero-order valence-electron chi connectivity index (χ0n) is 13.9. The molecule has 0 aromatic carbocycles. The van der Waals surface area contributed by atoms with Crippen LogP contribution in [0.2, 0.25) is 0 Å². The monoisotopic (exact) mass is 304 g/mol. The van der Waals surface area contributed by atoms with Crippen molar-refractivity contribution in [1.29, 1.82) is 0 Å². The Labute approximate surface area is 135 Å². The lowest BCUT2D eigenvalue weighted by atomic mass is 9.61. The van der Waals surface area contributed by atoms with E-state index in [1.807, 2.05) is 0 Å².